The number of hydrogen-bond donors (Lipinski definition) is 0. The summed E-state index contributed by atoms with van der Waals surface area (Å²) in [7, 11) is 9.63. The summed E-state index contributed by atoms with van der Waals surface area (Å²) in [6.45, 7) is 17.7. The van der Waals surface area contributed by atoms with E-state index in [4.69, 9.17) is 29.6 Å². The van der Waals surface area contributed by atoms with Gasteiger partial charge in [-0.25, -0.2) is 0 Å². The van der Waals surface area contributed by atoms with E-state index in [1.165, 1.54) is 25.3 Å². The molecule has 0 aromatic carbocycles. The van der Waals surface area contributed by atoms with E-state index in [0.29, 0.717) is 0 Å². The fraction of sp³-hybridized carbons (Fsp3) is 1.00. The molecule has 0 aliphatic carbocycles. The SMILES string of the molecule is [B]=BB=BB=BSOC(C)C(C)OS(#B)=BB=[B]. The molecule has 0 aromatic rings. The van der Waals surface area contributed by atoms with Gasteiger partial charge in [0, 0.05) is 0 Å². The van der Waals surface area contributed by atoms with E-state index in [1.807, 2.05) is 33.3 Å². The third-order valence-corrected chi connectivity index (χ3v) is 3.45. The van der Waals surface area contributed by atoms with E-state index >= 15 is 0 Å². The zero-order valence-electron chi connectivity index (χ0n) is 10.6. The summed E-state index contributed by atoms with van der Waals surface area (Å²) in [6.07, 6.45) is 1.60. The van der Waals surface area contributed by atoms with Gasteiger partial charge in [0.05, 0.1) is 0 Å². The Labute approximate surface area is 123 Å². The van der Waals surface area contributed by atoms with E-state index in [2.05, 4.69) is 0 Å². The molecule has 0 saturated carbocycles. The van der Waals surface area contributed by atoms with Crippen molar-refractivity contribution in [3.63, 3.8) is 0 Å². The maximum absolute atomic E-state index is 5.67. The minimum absolute atomic E-state index is 0.0885. The van der Waals surface area contributed by atoms with Crippen LogP contribution < -0.4 is 0 Å². The van der Waals surface area contributed by atoms with Crippen LogP contribution in [0.25, 0.3) is 0 Å². The fourth-order valence-corrected chi connectivity index (χ4v) is 2.04. The predicted octanol–water partition coefficient (Wildman–Crippen LogP) is -1.79. The van der Waals surface area contributed by atoms with Gasteiger partial charge in [0.25, 0.3) is 0 Å². The normalized spacial score (nSPS) is 13.3. The molecule has 2 unspecified atom stereocenters. The second kappa shape index (κ2) is 13.1. The van der Waals surface area contributed by atoms with Gasteiger partial charge in [-0.3, -0.25) is 0 Å². The minimum atomic E-state index is -0.774. The van der Waals surface area contributed by atoms with E-state index in [9.17, 15) is 0 Å². The molecule has 14 heteroatoms. The first-order chi connectivity index (χ1) is 8.61. The van der Waals surface area contributed by atoms with Gasteiger partial charge in [0.2, 0.25) is 0 Å². The Bertz CT molecular complexity index is 442. The molecule has 0 amide bonds. The second-order valence-corrected chi connectivity index (χ2v) is 5.04. The third-order valence-electron chi connectivity index (χ3n) is 1.81. The molecule has 0 rings (SSSR count). The molecular formula is C4H8B10O2S2. The van der Waals surface area contributed by atoms with Gasteiger partial charge < -0.3 is 0 Å². The summed E-state index contributed by atoms with van der Waals surface area (Å²) in [5.74, 6) is 0. The molecule has 2 radical (unpaired) electrons. The summed E-state index contributed by atoms with van der Waals surface area (Å²) >= 11 is 1.23. The van der Waals surface area contributed by atoms with E-state index in [-0.39, 0.29) is 12.2 Å². The number of hydrogen-bond acceptors (Lipinski definition) is 3. The van der Waals surface area contributed by atoms with Crippen LogP contribution in [0.5, 0.6) is 0 Å². The van der Waals surface area contributed by atoms with Crippen molar-refractivity contribution in [3.05, 3.63) is 0 Å². The van der Waals surface area contributed by atoms with Crippen LogP contribution in [-0.2, 0) is 8.37 Å². The molecule has 0 aliphatic rings. The fourth-order valence-electron chi connectivity index (χ4n) is 0.767. The standard InChI is InChI=1S/C4H8B10O2S2/c1-3(4(2)16-18(7)14-9-6)15-17-13-12-11-10-8-5/h3-4H,1-2H3. The number of rotatable bonds is 8. The quantitative estimate of drug-likeness (QED) is 0.379. The van der Waals surface area contributed by atoms with Gasteiger partial charge in [-0.2, -0.15) is 0 Å². The Morgan fingerprint density at radius 2 is 1.78 bits per heavy atom. The van der Waals surface area contributed by atoms with Crippen LogP contribution in [0.3, 0.4) is 0 Å². The van der Waals surface area contributed by atoms with Crippen LogP contribution in [0, 0.1) is 0 Å². The first-order valence-corrected chi connectivity index (χ1v) is 7.41. The van der Waals surface area contributed by atoms with Crippen molar-refractivity contribution < 1.29 is 8.37 Å². The molecule has 0 N–H and O–H groups in total. The van der Waals surface area contributed by atoms with Crippen molar-refractivity contribution in [2.45, 2.75) is 26.1 Å². The Hall–Kier alpha value is 1.14. The van der Waals surface area contributed by atoms with Crippen LogP contribution in [-0.4, -0.2) is 79.1 Å². The molecule has 0 spiro atoms. The summed E-state index contributed by atoms with van der Waals surface area (Å²) < 4.78 is 11.0. The van der Waals surface area contributed by atoms with E-state index in [1.54, 1.807) is 12.7 Å². The van der Waals surface area contributed by atoms with Crippen LogP contribution in [0.15, 0.2) is 0 Å². The molecule has 0 fully saturated rings. The van der Waals surface area contributed by atoms with Crippen molar-refractivity contribution in [1.29, 1.82) is 0 Å². The van der Waals surface area contributed by atoms with E-state index in [0.717, 1.165) is 0 Å². The van der Waals surface area contributed by atoms with Crippen molar-refractivity contribution in [1.82, 2.24) is 0 Å². The Balaban J connectivity index is 3.99. The summed E-state index contributed by atoms with van der Waals surface area (Å²) in [4.78, 5) is 0. The van der Waals surface area contributed by atoms with Gasteiger partial charge in [-0.1, -0.05) is 0 Å². The van der Waals surface area contributed by atoms with Gasteiger partial charge in [0.1, 0.15) is 0 Å². The van der Waals surface area contributed by atoms with Crippen molar-refractivity contribution in [2.75, 3.05) is 0 Å². The maximum atomic E-state index is 5.67. The monoisotopic (exact) mass is 262 g/mol. The zero-order valence-corrected chi connectivity index (χ0v) is 12.2. The van der Waals surface area contributed by atoms with Crippen LogP contribution in [0.4, 0.5) is 0 Å². The summed E-state index contributed by atoms with van der Waals surface area (Å²) in [5, 5.41) is 0. The average molecular weight is 260 g/mol. The molecule has 78 valence electrons. The molecule has 0 heterocycles. The zero-order chi connectivity index (χ0) is 13.8. The van der Waals surface area contributed by atoms with Crippen molar-refractivity contribution in [2.24, 2.45) is 0 Å². The predicted molar refractivity (Wildman–Crippen MR) is 93.8 cm³/mol. The molecule has 0 aromatic heterocycles. The van der Waals surface area contributed by atoms with Gasteiger partial charge >= 0.3 is 123 Å². The summed E-state index contributed by atoms with van der Waals surface area (Å²) in [5.41, 5.74) is 0. The van der Waals surface area contributed by atoms with Gasteiger partial charge in [-0.05, 0) is 0 Å². The van der Waals surface area contributed by atoms with Crippen molar-refractivity contribution >= 4 is 88.6 Å². The van der Waals surface area contributed by atoms with Gasteiger partial charge in [-0.15, -0.1) is 0 Å². The molecule has 0 bridgehead atoms. The first-order valence-electron chi connectivity index (χ1n) is 5.33. The molecule has 2 nitrogen and oxygen atoms in total. The molecule has 0 saturated heterocycles. The molecule has 2 atom stereocenters. The first kappa shape index (κ1) is 19.1. The molecular weight excluding hydrogens is 252 g/mol. The molecule has 0 aliphatic heterocycles. The van der Waals surface area contributed by atoms with Crippen LogP contribution in [0.2, 0.25) is 0 Å². The Morgan fingerprint density at radius 3 is 2.39 bits per heavy atom. The third kappa shape index (κ3) is 11.0. The Morgan fingerprint density at radius 1 is 1.06 bits per heavy atom. The Kier molecular flexibility index (Phi) is 14.0. The van der Waals surface area contributed by atoms with Crippen molar-refractivity contribution in [3.8, 4) is 0 Å². The van der Waals surface area contributed by atoms with E-state index < -0.39 is 9.84 Å². The molecule has 18 heavy (non-hydrogen) atoms. The average Bonchev–Trinajstić information content (AvgIpc) is 2.33. The van der Waals surface area contributed by atoms with Crippen LogP contribution in [0.1, 0.15) is 13.8 Å². The van der Waals surface area contributed by atoms with Crippen LogP contribution >= 0.6 is 21.7 Å². The topological polar surface area (TPSA) is 18.5 Å². The van der Waals surface area contributed by atoms with Gasteiger partial charge in [0.15, 0.2) is 0 Å². The summed E-state index contributed by atoms with van der Waals surface area (Å²) in [6, 6.07) is 1.60. The second-order valence-electron chi connectivity index (χ2n) is 3.26.